The highest BCUT2D eigenvalue weighted by atomic mass is 32.2. The van der Waals surface area contributed by atoms with Gasteiger partial charge in [-0.25, -0.2) is 0 Å². The Morgan fingerprint density at radius 3 is 2.71 bits per heavy atom. The van der Waals surface area contributed by atoms with Gasteiger partial charge < -0.3 is 15.8 Å². The van der Waals surface area contributed by atoms with E-state index in [-0.39, 0.29) is 11.7 Å². The molecular formula is C15H16N2O3S. The van der Waals surface area contributed by atoms with E-state index < -0.39 is 10.8 Å². The van der Waals surface area contributed by atoms with Gasteiger partial charge in [-0.3, -0.25) is 9.00 Å². The number of hydrogen-bond donors (Lipinski definition) is 2. The number of ether oxygens (including phenoxy) is 1. The third-order valence-corrected chi connectivity index (χ3v) is 4.04. The zero-order valence-corrected chi connectivity index (χ0v) is 12.4. The third kappa shape index (κ3) is 4.32. The van der Waals surface area contributed by atoms with Gasteiger partial charge >= 0.3 is 0 Å². The maximum absolute atomic E-state index is 12.2. The molecule has 0 aromatic heterocycles. The topological polar surface area (TPSA) is 81.4 Å². The Labute approximate surface area is 125 Å². The summed E-state index contributed by atoms with van der Waals surface area (Å²) in [5.74, 6) is 0.154. The maximum atomic E-state index is 12.2. The molecule has 0 heterocycles. The zero-order valence-electron chi connectivity index (χ0n) is 11.5. The highest BCUT2D eigenvalue weighted by Crippen LogP contribution is 2.16. The molecule has 1 amide bonds. The highest BCUT2D eigenvalue weighted by Gasteiger charge is 2.11. The van der Waals surface area contributed by atoms with Crippen LogP contribution < -0.4 is 15.8 Å². The van der Waals surface area contributed by atoms with Gasteiger partial charge in [0, 0.05) is 16.3 Å². The molecule has 6 heteroatoms. The van der Waals surface area contributed by atoms with Crippen molar-refractivity contribution >= 4 is 28.1 Å². The molecule has 0 spiro atoms. The average Bonchev–Trinajstić information content (AvgIpc) is 2.47. The van der Waals surface area contributed by atoms with Crippen molar-refractivity contribution in [1.29, 1.82) is 0 Å². The summed E-state index contributed by atoms with van der Waals surface area (Å²) in [7, 11) is 0.109. The normalized spacial score (nSPS) is 11.7. The minimum atomic E-state index is -1.43. The first-order valence-electron chi connectivity index (χ1n) is 6.26. The SMILES string of the molecule is COc1cccc(S(=O)CC(=O)Nc2cccc(N)c2)c1. The van der Waals surface area contributed by atoms with Gasteiger partial charge in [-0.1, -0.05) is 12.1 Å². The van der Waals surface area contributed by atoms with Gasteiger partial charge in [0.1, 0.15) is 11.5 Å². The van der Waals surface area contributed by atoms with Crippen molar-refractivity contribution in [3.63, 3.8) is 0 Å². The summed E-state index contributed by atoms with van der Waals surface area (Å²) in [5.41, 5.74) is 6.78. The molecule has 21 heavy (non-hydrogen) atoms. The monoisotopic (exact) mass is 304 g/mol. The van der Waals surface area contributed by atoms with Gasteiger partial charge in [-0.15, -0.1) is 0 Å². The molecule has 5 nitrogen and oxygen atoms in total. The minimum absolute atomic E-state index is 0.123. The van der Waals surface area contributed by atoms with E-state index in [0.29, 0.717) is 22.0 Å². The summed E-state index contributed by atoms with van der Waals surface area (Å²) in [6, 6.07) is 13.7. The molecule has 0 saturated heterocycles. The van der Waals surface area contributed by atoms with Crippen molar-refractivity contribution in [2.75, 3.05) is 23.9 Å². The average molecular weight is 304 g/mol. The lowest BCUT2D eigenvalue weighted by Gasteiger charge is -2.07. The number of nitrogens with one attached hydrogen (secondary N) is 1. The minimum Gasteiger partial charge on any atom is -0.497 e. The number of methoxy groups -OCH3 is 1. The fourth-order valence-corrected chi connectivity index (χ4v) is 2.71. The molecular weight excluding hydrogens is 288 g/mol. The van der Waals surface area contributed by atoms with Crippen LogP contribution in [-0.2, 0) is 15.6 Å². The molecule has 0 radical (unpaired) electrons. The van der Waals surface area contributed by atoms with Crippen LogP contribution in [0.5, 0.6) is 5.75 Å². The van der Waals surface area contributed by atoms with E-state index in [1.807, 2.05) is 0 Å². The second-order valence-electron chi connectivity index (χ2n) is 4.34. The third-order valence-electron chi connectivity index (χ3n) is 2.74. The van der Waals surface area contributed by atoms with Crippen LogP contribution in [0, 0.1) is 0 Å². The molecule has 0 bridgehead atoms. The van der Waals surface area contributed by atoms with Crippen LogP contribution in [0.15, 0.2) is 53.4 Å². The lowest BCUT2D eigenvalue weighted by atomic mass is 10.3. The summed E-state index contributed by atoms with van der Waals surface area (Å²) < 4.78 is 17.2. The van der Waals surface area contributed by atoms with Gasteiger partial charge in [0.15, 0.2) is 0 Å². The molecule has 110 valence electrons. The fraction of sp³-hybridized carbons (Fsp3) is 0.133. The van der Waals surface area contributed by atoms with Crippen molar-refractivity contribution in [3.05, 3.63) is 48.5 Å². The van der Waals surface area contributed by atoms with Crippen molar-refractivity contribution in [3.8, 4) is 5.75 Å². The number of nitrogens with two attached hydrogens (primary N) is 1. The molecule has 0 aliphatic carbocycles. The first kappa shape index (κ1) is 15.1. The van der Waals surface area contributed by atoms with E-state index in [1.165, 1.54) is 7.11 Å². The first-order chi connectivity index (χ1) is 10.1. The Kier molecular flexibility index (Phi) is 4.94. The van der Waals surface area contributed by atoms with Gasteiger partial charge in [0.05, 0.1) is 17.9 Å². The van der Waals surface area contributed by atoms with Crippen LogP contribution in [-0.4, -0.2) is 23.0 Å². The van der Waals surface area contributed by atoms with E-state index in [0.717, 1.165) is 0 Å². The van der Waals surface area contributed by atoms with E-state index in [9.17, 15) is 9.00 Å². The summed E-state index contributed by atoms with van der Waals surface area (Å²) in [4.78, 5) is 12.4. The Bertz CT molecular complexity index is 673. The van der Waals surface area contributed by atoms with Gasteiger partial charge in [0.2, 0.25) is 5.91 Å². The van der Waals surface area contributed by atoms with Gasteiger partial charge in [-0.2, -0.15) is 0 Å². The van der Waals surface area contributed by atoms with Crippen molar-refractivity contribution in [2.24, 2.45) is 0 Å². The van der Waals surface area contributed by atoms with Crippen LogP contribution in [0.3, 0.4) is 0 Å². The summed E-state index contributed by atoms with van der Waals surface area (Å²) >= 11 is 0. The number of rotatable bonds is 5. The van der Waals surface area contributed by atoms with Crippen LogP contribution in [0.4, 0.5) is 11.4 Å². The molecule has 2 aromatic rings. The van der Waals surface area contributed by atoms with E-state index in [1.54, 1.807) is 48.5 Å². The number of nitrogen functional groups attached to an aromatic ring is 1. The zero-order chi connectivity index (χ0) is 15.2. The standard InChI is InChI=1S/C15H16N2O3S/c1-20-13-6-3-7-14(9-13)21(19)10-15(18)17-12-5-2-4-11(16)8-12/h2-9H,10,16H2,1H3,(H,17,18). The molecule has 0 saturated carbocycles. The molecule has 0 fully saturated rings. The quantitative estimate of drug-likeness (QED) is 0.828. The van der Waals surface area contributed by atoms with Crippen molar-refractivity contribution in [1.82, 2.24) is 0 Å². The fourth-order valence-electron chi connectivity index (χ4n) is 1.76. The second kappa shape index (κ2) is 6.90. The molecule has 0 aliphatic rings. The predicted molar refractivity (Wildman–Crippen MR) is 83.8 cm³/mol. The van der Waals surface area contributed by atoms with Crippen LogP contribution in [0.1, 0.15) is 0 Å². The second-order valence-corrected chi connectivity index (χ2v) is 5.79. The predicted octanol–water partition coefficient (Wildman–Crippen LogP) is 2.02. The molecule has 2 rings (SSSR count). The first-order valence-corrected chi connectivity index (χ1v) is 7.58. The number of carbonyl (C=O) groups excluding carboxylic acids is 1. The number of benzene rings is 2. The van der Waals surface area contributed by atoms with Crippen molar-refractivity contribution in [2.45, 2.75) is 4.90 Å². The lowest BCUT2D eigenvalue weighted by Crippen LogP contribution is -2.19. The largest absolute Gasteiger partial charge is 0.497 e. The molecule has 2 aromatic carbocycles. The van der Waals surface area contributed by atoms with E-state index >= 15 is 0 Å². The number of anilines is 2. The van der Waals surface area contributed by atoms with Gasteiger partial charge in [-0.05, 0) is 36.4 Å². The summed E-state index contributed by atoms with van der Waals surface area (Å²) in [5, 5.41) is 2.67. The highest BCUT2D eigenvalue weighted by molar-refractivity contribution is 7.85. The maximum Gasteiger partial charge on any atom is 0.237 e. The Balaban J connectivity index is 2.00. The molecule has 0 aliphatic heterocycles. The van der Waals surface area contributed by atoms with Crippen LogP contribution in [0.2, 0.25) is 0 Å². The van der Waals surface area contributed by atoms with Crippen molar-refractivity contribution < 1.29 is 13.7 Å². The lowest BCUT2D eigenvalue weighted by molar-refractivity contribution is -0.113. The molecule has 1 atom stereocenters. The number of amides is 1. The number of carbonyl (C=O) groups is 1. The van der Waals surface area contributed by atoms with E-state index in [2.05, 4.69) is 5.32 Å². The Hall–Kier alpha value is -2.34. The number of hydrogen-bond acceptors (Lipinski definition) is 4. The van der Waals surface area contributed by atoms with Crippen LogP contribution >= 0.6 is 0 Å². The smallest absolute Gasteiger partial charge is 0.237 e. The van der Waals surface area contributed by atoms with E-state index in [4.69, 9.17) is 10.5 Å². The molecule has 1 unspecified atom stereocenters. The summed E-state index contributed by atoms with van der Waals surface area (Å²) in [6.45, 7) is 0. The van der Waals surface area contributed by atoms with Gasteiger partial charge in [0.25, 0.3) is 0 Å². The Morgan fingerprint density at radius 2 is 2.00 bits per heavy atom. The summed E-state index contributed by atoms with van der Waals surface area (Å²) in [6.07, 6.45) is 0. The van der Waals surface area contributed by atoms with Crippen LogP contribution in [0.25, 0.3) is 0 Å². The Morgan fingerprint density at radius 1 is 1.24 bits per heavy atom. The molecule has 3 N–H and O–H groups in total.